The summed E-state index contributed by atoms with van der Waals surface area (Å²) >= 11 is 0. The summed E-state index contributed by atoms with van der Waals surface area (Å²) < 4.78 is 5.23. The van der Waals surface area contributed by atoms with Crippen LogP contribution < -0.4 is 10.1 Å². The molecule has 0 aromatic heterocycles. The Morgan fingerprint density at radius 2 is 1.95 bits per heavy atom. The van der Waals surface area contributed by atoms with Crippen LogP contribution in [0.2, 0.25) is 0 Å². The van der Waals surface area contributed by atoms with Crippen LogP contribution in [0.1, 0.15) is 24.1 Å². The number of methoxy groups -OCH3 is 1. The Labute approximate surface area is 113 Å². The van der Waals surface area contributed by atoms with Crippen molar-refractivity contribution in [2.24, 2.45) is 0 Å². The van der Waals surface area contributed by atoms with Crippen LogP contribution in [-0.2, 0) is 0 Å². The van der Waals surface area contributed by atoms with E-state index in [9.17, 15) is 5.11 Å². The molecular formula is C16H19NO2. The van der Waals surface area contributed by atoms with E-state index in [1.54, 1.807) is 13.2 Å². The van der Waals surface area contributed by atoms with Crippen LogP contribution in [0, 0.1) is 6.92 Å². The maximum Gasteiger partial charge on any atom is 0.119 e. The molecule has 3 nitrogen and oxygen atoms in total. The van der Waals surface area contributed by atoms with Crippen LogP contribution in [-0.4, -0.2) is 12.2 Å². The van der Waals surface area contributed by atoms with Crippen LogP contribution in [0.3, 0.4) is 0 Å². The van der Waals surface area contributed by atoms with E-state index < -0.39 is 0 Å². The van der Waals surface area contributed by atoms with Crippen molar-refractivity contribution in [2.75, 3.05) is 12.4 Å². The van der Waals surface area contributed by atoms with Gasteiger partial charge in [-0.05, 0) is 55.3 Å². The number of hydrogen-bond donors (Lipinski definition) is 2. The second kappa shape index (κ2) is 5.65. The first-order valence-corrected chi connectivity index (χ1v) is 6.30. The first-order chi connectivity index (χ1) is 9.10. The van der Waals surface area contributed by atoms with Gasteiger partial charge in [0.2, 0.25) is 0 Å². The molecule has 2 aromatic rings. The molecule has 1 unspecified atom stereocenters. The molecule has 0 aliphatic rings. The number of benzene rings is 2. The smallest absolute Gasteiger partial charge is 0.119 e. The summed E-state index contributed by atoms with van der Waals surface area (Å²) in [6, 6.07) is 13.7. The average Bonchev–Trinajstić information content (AvgIpc) is 2.43. The van der Waals surface area contributed by atoms with Gasteiger partial charge in [0.1, 0.15) is 11.5 Å². The summed E-state index contributed by atoms with van der Waals surface area (Å²) in [6.07, 6.45) is 0. The van der Waals surface area contributed by atoms with E-state index in [1.807, 2.05) is 37.3 Å². The van der Waals surface area contributed by atoms with Gasteiger partial charge in [0.05, 0.1) is 7.11 Å². The molecule has 0 aliphatic heterocycles. The SMILES string of the molecule is COc1cccc(C(C)Nc2ccc(O)c(C)c2)c1. The molecule has 1 atom stereocenters. The Morgan fingerprint density at radius 1 is 1.16 bits per heavy atom. The number of aromatic hydroxyl groups is 1. The van der Waals surface area contributed by atoms with Crippen molar-refractivity contribution in [3.63, 3.8) is 0 Å². The van der Waals surface area contributed by atoms with Crippen molar-refractivity contribution in [1.82, 2.24) is 0 Å². The third kappa shape index (κ3) is 3.19. The molecule has 0 amide bonds. The van der Waals surface area contributed by atoms with Gasteiger partial charge in [-0.25, -0.2) is 0 Å². The highest BCUT2D eigenvalue weighted by Crippen LogP contribution is 2.25. The van der Waals surface area contributed by atoms with Gasteiger partial charge in [-0.1, -0.05) is 12.1 Å². The van der Waals surface area contributed by atoms with E-state index in [0.717, 1.165) is 22.6 Å². The molecule has 19 heavy (non-hydrogen) atoms. The number of phenols is 1. The lowest BCUT2D eigenvalue weighted by Crippen LogP contribution is -2.06. The summed E-state index contributed by atoms with van der Waals surface area (Å²) in [5, 5.41) is 12.9. The molecule has 0 fully saturated rings. The maximum absolute atomic E-state index is 9.52. The molecular weight excluding hydrogens is 238 g/mol. The standard InChI is InChI=1S/C16H19NO2/c1-11-9-14(7-8-16(11)18)17-12(2)13-5-4-6-15(10-13)19-3/h4-10,12,17-18H,1-3H3. The molecule has 0 spiro atoms. The van der Waals surface area contributed by atoms with Crippen molar-refractivity contribution in [2.45, 2.75) is 19.9 Å². The van der Waals surface area contributed by atoms with Crippen molar-refractivity contribution in [3.8, 4) is 11.5 Å². The van der Waals surface area contributed by atoms with Crippen molar-refractivity contribution >= 4 is 5.69 Å². The number of phenolic OH excluding ortho intramolecular Hbond substituents is 1. The molecule has 0 saturated carbocycles. The third-order valence-electron chi connectivity index (χ3n) is 3.17. The monoisotopic (exact) mass is 257 g/mol. The van der Waals surface area contributed by atoms with Gasteiger partial charge < -0.3 is 15.2 Å². The second-order valence-corrected chi connectivity index (χ2v) is 4.64. The van der Waals surface area contributed by atoms with Crippen LogP contribution in [0.4, 0.5) is 5.69 Å². The van der Waals surface area contributed by atoms with E-state index in [4.69, 9.17) is 4.74 Å². The van der Waals surface area contributed by atoms with Crippen molar-refractivity contribution < 1.29 is 9.84 Å². The molecule has 0 saturated heterocycles. The topological polar surface area (TPSA) is 41.5 Å². The van der Waals surface area contributed by atoms with E-state index in [0.29, 0.717) is 5.75 Å². The quantitative estimate of drug-likeness (QED) is 0.817. The fraction of sp³-hybridized carbons (Fsp3) is 0.250. The minimum absolute atomic E-state index is 0.166. The van der Waals surface area contributed by atoms with E-state index >= 15 is 0 Å². The largest absolute Gasteiger partial charge is 0.508 e. The summed E-state index contributed by atoms with van der Waals surface area (Å²) in [7, 11) is 1.67. The van der Waals surface area contributed by atoms with Crippen LogP contribution >= 0.6 is 0 Å². The normalized spacial score (nSPS) is 11.9. The van der Waals surface area contributed by atoms with Crippen LogP contribution in [0.5, 0.6) is 11.5 Å². The fourth-order valence-corrected chi connectivity index (χ4v) is 1.99. The zero-order valence-corrected chi connectivity index (χ0v) is 11.5. The number of hydrogen-bond acceptors (Lipinski definition) is 3. The van der Waals surface area contributed by atoms with Gasteiger partial charge in [0.15, 0.2) is 0 Å². The minimum atomic E-state index is 0.166. The predicted octanol–water partition coefficient (Wildman–Crippen LogP) is 3.88. The first kappa shape index (κ1) is 13.3. The Balaban J connectivity index is 2.15. The zero-order valence-electron chi connectivity index (χ0n) is 11.5. The summed E-state index contributed by atoms with van der Waals surface area (Å²) in [6.45, 7) is 3.98. The predicted molar refractivity (Wildman–Crippen MR) is 77.9 cm³/mol. The molecule has 0 aliphatic carbocycles. The van der Waals surface area contributed by atoms with E-state index in [-0.39, 0.29) is 6.04 Å². The van der Waals surface area contributed by atoms with Gasteiger partial charge in [0.25, 0.3) is 0 Å². The molecule has 0 radical (unpaired) electrons. The number of rotatable bonds is 4. The Morgan fingerprint density at radius 3 is 2.63 bits per heavy atom. The fourth-order valence-electron chi connectivity index (χ4n) is 1.99. The molecule has 0 bridgehead atoms. The molecule has 3 heteroatoms. The van der Waals surface area contributed by atoms with Crippen LogP contribution in [0.25, 0.3) is 0 Å². The Bertz CT molecular complexity index is 566. The van der Waals surface area contributed by atoms with Gasteiger partial charge in [-0.15, -0.1) is 0 Å². The third-order valence-corrected chi connectivity index (χ3v) is 3.17. The lowest BCUT2D eigenvalue weighted by Gasteiger charge is -2.17. The van der Waals surface area contributed by atoms with Crippen molar-refractivity contribution in [3.05, 3.63) is 53.6 Å². The Hall–Kier alpha value is -2.16. The highest BCUT2D eigenvalue weighted by molar-refractivity contribution is 5.51. The zero-order chi connectivity index (χ0) is 13.8. The van der Waals surface area contributed by atoms with E-state index in [1.165, 1.54) is 0 Å². The van der Waals surface area contributed by atoms with E-state index in [2.05, 4.69) is 18.3 Å². The Kier molecular flexibility index (Phi) is 3.95. The second-order valence-electron chi connectivity index (χ2n) is 4.64. The lowest BCUT2D eigenvalue weighted by atomic mass is 10.1. The molecule has 2 N–H and O–H groups in total. The summed E-state index contributed by atoms with van der Waals surface area (Å²) in [4.78, 5) is 0. The van der Waals surface area contributed by atoms with Gasteiger partial charge in [0, 0.05) is 11.7 Å². The number of ether oxygens (including phenoxy) is 1. The van der Waals surface area contributed by atoms with Gasteiger partial charge in [-0.3, -0.25) is 0 Å². The number of nitrogens with one attached hydrogen (secondary N) is 1. The molecule has 100 valence electrons. The molecule has 0 heterocycles. The maximum atomic E-state index is 9.52. The summed E-state index contributed by atoms with van der Waals surface area (Å²) in [5.41, 5.74) is 3.01. The van der Waals surface area contributed by atoms with Crippen LogP contribution in [0.15, 0.2) is 42.5 Å². The molecule has 2 aromatic carbocycles. The first-order valence-electron chi connectivity index (χ1n) is 6.30. The number of anilines is 1. The average molecular weight is 257 g/mol. The minimum Gasteiger partial charge on any atom is -0.508 e. The van der Waals surface area contributed by atoms with Gasteiger partial charge in [-0.2, -0.15) is 0 Å². The van der Waals surface area contributed by atoms with Crippen molar-refractivity contribution in [1.29, 1.82) is 0 Å². The molecule has 2 rings (SSSR count). The number of aryl methyl sites for hydroxylation is 1. The highest BCUT2D eigenvalue weighted by Gasteiger charge is 2.07. The highest BCUT2D eigenvalue weighted by atomic mass is 16.5. The van der Waals surface area contributed by atoms with Gasteiger partial charge >= 0.3 is 0 Å². The summed E-state index contributed by atoms with van der Waals surface area (Å²) in [5.74, 6) is 1.17. The lowest BCUT2D eigenvalue weighted by molar-refractivity contribution is 0.414.